The molecule has 1 rings (SSSR count). The monoisotopic (exact) mass is 271 g/mol. The van der Waals surface area contributed by atoms with Crippen LogP contribution in [0.15, 0.2) is 24.3 Å². The van der Waals surface area contributed by atoms with Crippen molar-refractivity contribution in [2.75, 3.05) is 13.1 Å². The van der Waals surface area contributed by atoms with Gasteiger partial charge >= 0.3 is 6.18 Å². The molecular formula is C12H12F3N3O. The maximum absolute atomic E-state index is 11.8. The standard InChI is InChI=1S/C12H12F3N3O/c13-12(14,15)8-17-7-11(19)18-6-10-3-1-9(5-16)2-4-10/h1-4,17H,6-8H2,(H,18,19). The Hall–Kier alpha value is -2.07. The highest BCUT2D eigenvalue weighted by molar-refractivity contribution is 5.77. The Morgan fingerprint density at radius 2 is 1.89 bits per heavy atom. The maximum Gasteiger partial charge on any atom is 0.401 e. The Bertz CT molecular complexity index is 463. The highest BCUT2D eigenvalue weighted by Crippen LogP contribution is 2.11. The minimum absolute atomic E-state index is 0.207. The fraction of sp³-hybridized carbons (Fsp3) is 0.333. The van der Waals surface area contributed by atoms with E-state index in [1.54, 1.807) is 24.3 Å². The minimum Gasteiger partial charge on any atom is -0.351 e. The van der Waals surface area contributed by atoms with Crippen molar-refractivity contribution < 1.29 is 18.0 Å². The van der Waals surface area contributed by atoms with Gasteiger partial charge in [-0.15, -0.1) is 0 Å². The molecule has 0 aromatic heterocycles. The first-order chi connectivity index (χ1) is 8.90. The lowest BCUT2D eigenvalue weighted by Gasteiger charge is -2.08. The molecule has 102 valence electrons. The summed E-state index contributed by atoms with van der Waals surface area (Å²) in [5, 5.41) is 13.1. The Kier molecular flexibility index (Phi) is 5.33. The number of halogens is 3. The normalized spacial score (nSPS) is 10.8. The second-order valence-electron chi connectivity index (χ2n) is 3.80. The molecule has 0 aliphatic carbocycles. The van der Waals surface area contributed by atoms with Gasteiger partial charge in [-0.05, 0) is 17.7 Å². The largest absolute Gasteiger partial charge is 0.401 e. The average molecular weight is 271 g/mol. The van der Waals surface area contributed by atoms with E-state index in [0.29, 0.717) is 5.56 Å². The van der Waals surface area contributed by atoms with Crippen LogP contribution in [0.25, 0.3) is 0 Å². The van der Waals surface area contributed by atoms with Crippen LogP contribution in [-0.4, -0.2) is 25.2 Å². The molecule has 0 unspecified atom stereocenters. The molecular weight excluding hydrogens is 259 g/mol. The van der Waals surface area contributed by atoms with Crippen LogP contribution in [0, 0.1) is 11.3 Å². The fourth-order valence-electron chi connectivity index (χ4n) is 1.28. The summed E-state index contributed by atoms with van der Waals surface area (Å²) in [6.45, 7) is -1.38. The zero-order chi connectivity index (χ0) is 14.3. The average Bonchev–Trinajstić information content (AvgIpc) is 2.35. The van der Waals surface area contributed by atoms with Crippen molar-refractivity contribution in [3.05, 3.63) is 35.4 Å². The zero-order valence-electron chi connectivity index (χ0n) is 9.92. The topological polar surface area (TPSA) is 64.9 Å². The van der Waals surface area contributed by atoms with Crippen LogP contribution in [-0.2, 0) is 11.3 Å². The molecule has 1 amide bonds. The summed E-state index contributed by atoms with van der Waals surface area (Å²) in [5.41, 5.74) is 1.27. The van der Waals surface area contributed by atoms with E-state index in [2.05, 4.69) is 5.32 Å². The van der Waals surface area contributed by atoms with Crippen molar-refractivity contribution >= 4 is 5.91 Å². The molecule has 0 atom stereocenters. The smallest absolute Gasteiger partial charge is 0.351 e. The number of hydrogen-bond donors (Lipinski definition) is 2. The molecule has 0 fully saturated rings. The van der Waals surface area contributed by atoms with Crippen LogP contribution in [0.2, 0.25) is 0 Å². The molecule has 0 bridgehead atoms. The highest BCUT2D eigenvalue weighted by atomic mass is 19.4. The Morgan fingerprint density at radius 3 is 2.42 bits per heavy atom. The molecule has 19 heavy (non-hydrogen) atoms. The number of rotatable bonds is 5. The van der Waals surface area contributed by atoms with Crippen molar-refractivity contribution in [3.8, 4) is 6.07 Å². The van der Waals surface area contributed by atoms with E-state index in [1.807, 2.05) is 11.4 Å². The quantitative estimate of drug-likeness (QED) is 0.849. The van der Waals surface area contributed by atoms with Gasteiger partial charge in [0, 0.05) is 6.54 Å². The highest BCUT2D eigenvalue weighted by Gasteiger charge is 2.26. The molecule has 7 heteroatoms. The summed E-state index contributed by atoms with van der Waals surface area (Å²) in [6.07, 6.45) is -4.33. The molecule has 0 heterocycles. The maximum atomic E-state index is 11.8. The summed E-state index contributed by atoms with van der Waals surface area (Å²) in [5.74, 6) is -0.520. The molecule has 1 aromatic rings. The van der Waals surface area contributed by atoms with Crippen LogP contribution in [0.1, 0.15) is 11.1 Å². The van der Waals surface area contributed by atoms with Crippen molar-refractivity contribution in [1.82, 2.24) is 10.6 Å². The first-order valence-electron chi connectivity index (χ1n) is 5.44. The Morgan fingerprint density at radius 1 is 1.26 bits per heavy atom. The number of nitriles is 1. The van der Waals surface area contributed by atoms with Crippen LogP contribution >= 0.6 is 0 Å². The van der Waals surface area contributed by atoms with Gasteiger partial charge in [-0.3, -0.25) is 4.79 Å². The molecule has 0 saturated carbocycles. The van der Waals surface area contributed by atoms with Crippen molar-refractivity contribution in [1.29, 1.82) is 5.26 Å². The van der Waals surface area contributed by atoms with E-state index in [9.17, 15) is 18.0 Å². The first kappa shape index (κ1) is 15.0. The molecule has 0 radical (unpaired) electrons. The Balaban J connectivity index is 2.28. The van der Waals surface area contributed by atoms with Crippen LogP contribution in [0.3, 0.4) is 0 Å². The second kappa shape index (κ2) is 6.75. The van der Waals surface area contributed by atoms with Gasteiger partial charge in [-0.1, -0.05) is 12.1 Å². The fourth-order valence-corrected chi connectivity index (χ4v) is 1.28. The number of hydrogen-bond acceptors (Lipinski definition) is 3. The van der Waals surface area contributed by atoms with E-state index in [4.69, 9.17) is 5.26 Å². The first-order valence-corrected chi connectivity index (χ1v) is 5.44. The number of amides is 1. The number of nitrogens with zero attached hydrogens (tertiary/aromatic N) is 1. The van der Waals surface area contributed by atoms with E-state index in [1.165, 1.54) is 0 Å². The van der Waals surface area contributed by atoms with Gasteiger partial charge in [0.2, 0.25) is 5.91 Å². The third-order valence-electron chi connectivity index (χ3n) is 2.18. The van der Waals surface area contributed by atoms with Gasteiger partial charge in [-0.2, -0.15) is 18.4 Å². The van der Waals surface area contributed by atoms with Gasteiger partial charge in [0.15, 0.2) is 0 Å². The lowest BCUT2D eigenvalue weighted by atomic mass is 10.1. The molecule has 2 N–H and O–H groups in total. The number of benzene rings is 1. The van der Waals surface area contributed by atoms with Gasteiger partial charge in [-0.25, -0.2) is 0 Å². The van der Waals surface area contributed by atoms with Gasteiger partial charge in [0.05, 0.1) is 24.7 Å². The summed E-state index contributed by atoms with van der Waals surface area (Å²) in [4.78, 5) is 11.2. The molecule has 4 nitrogen and oxygen atoms in total. The van der Waals surface area contributed by atoms with E-state index >= 15 is 0 Å². The zero-order valence-corrected chi connectivity index (χ0v) is 9.92. The molecule has 0 saturated heterocycles. The lowest BCUT2D eigenvalue weighted by Crippen LogP contribution is -2.37. The van der Waals surface area contributed by atoms with Crippen molar-refractivity contribution in [3.63, 3.8) is 0 Å². The van der Waals surface area contributed by atoms with Gasteiger partial charge in [0.1, 0.15) is 0 Å². The van der Waals surface area contributed by atoms with Crippen molar-refractivity contribution in [2.24, 2.45) is 0 Å². The Labute approximate surface area is 108 Å². The summed E-state index contributed by atoms with van der Waals surface area (Å²) < 4.78 is 35.4. The van der Waals surface area contributed by atoms with Crippen molar-refractivity contribution in [2.45, 2.75) is 12.7 Å². The minimum atomic E-state index is -4.33. The van der Waals surface area contributed by atoms with E-state index in [-0.39, 0.29) is 6.54 Å². The third kappa shape index (κ3) is 6.43. The van der Waals surface area contributed by atoms with Gasteiger partial charge in [0.25, 0.3) is 0 Å². The predicted octanol–water partition coefficient (Wildman–Crippen LogP) is 1.33. The van der Waals surface area contributed by atoms with E-state index in [0.717, 1.165) is 5.56 Å². The van der Waals surface area contributed by atoms with E-state index < -0.39 is 25.2 Å². The van der Waals surface area contributed by atoms with Crippen LogP contribution in [0.5, 0.6) is 0 Å². The third-order valence-corrected chi connectivity index (χ3v) is 2.18. The summed E-state index contributed by atoms with van der Waals surface area (Å²) >= 11 is 0. The number of alkyl halides is 3. The van der Waals surface area contributed by atoms with Crippen LogP contribution < -0.4 is 10.6 Å². The molecule has 0 spiro atoms. The lowest BCUT2D eigenvalue weighted by molar-refractivity contribution is -0.128. The number of nitrogens with one attached hydrogen (secondary N) is 2. The molecule has 1 aromatic carbocycles. The second-order valence-corrected chi connectivity index (χ2v) is 3.80. The summed E-state index contributed by atoms with van der Waals surface area (Å²) in [7, 11) is 0. The summed E-state index contributed by atoms with van der Waals surface area (Å²) in [6, 6.07) is 8.50. The SMILES string of the molecule is N#Cc1ccc(CNC(=O)CNCC(F)(F)F)cc1. The van der Waals surface area contributed by atoms with Crippen LogP contribution in [0.4, 0.5) is 13.2 Å². The predicted molar refractivity (Wildman–Crippen MR) is 61.9 cm³/mol. The molecule has 0 aliphatic heterocycles. The van der Waals surface area contributed by atoms with Gasteiger partial charge < -0.3 is 10.6 Å². The number of carbonyl (C=O) groups excluding carboxylic acids is 1. The molecule has 0 aliphatic rings. The number of carbonyl (C=O) groups is 1.